The molecule has 112 valence electrons. The first-order valence-corrected chi connectivity index (χ1v) is 8.06. The lowest BCUT2D eigenvalue weighted by atomic mass is 9.94. The Balaban J connectivity index is 2.80. The van der Waals surface area contributed by atoms with Crippen molar-refractivity contribution in [2.45, 2.75) is 39.5 Å². The summed E-state index contributed by atoms with van der Waals surface area (Å²) in [6.45, 7) is 8.47. The van der Waals surface area contributed by atoms with Crippen molar-refractivity contribution in [1.29, 1.82) is 0 Å². The normalized spacial score (nSPS) is 12.1. The third-order valence-electron chi connectivity index (χ3n) is 2.73. The lowest BCUT2D eigenvalue weighted by Gasteiger charge is -2.14. The van der Waals surface area contributed by atoms with Crippen molar-refractivity contribution in [1.82, 2.24) is 0 Å². The molecular weight excluding hydrogens is 317 g/mol. The number of carbonyl (C=O) groups is 1. The van der Waals surface area contributed by atoms with Crippen molar-refractivity contribution < 1.29 is 9.53 Å². The van der Waals surface area contributed by atoms with Gasteiger partial charge in [0.2, 0.25) is 0 Å². The van der Waals surface area contributed by atoms with Crippen molar-refractivity contribution >= 4 is 45.6 Å². The second-order valence-electron chi connectivity index (χ2n) is 5.00. The molecule has 3 nitrogen and oxygen atoms in total. The SMILES string of the molecule is CC(C)c1csc(NC(=O)OCC(Cl)=CCl)c1C(C)C. The second kappa shape index (κ2) is 7.91. The number of nitrogens with one attached hydrogen (secondary N) is 1. The summed E-state index contributed by atoms with van der Waals surface area (Å²) in [5, 5.41) is 5.97. The van der Waals surface area contributed by atoms with Gasteiger partial charge >= 0.3 is 6.09 Å². The zero-order valence-electron chi connectivity index (χ0n) is 12.0. The van der Waals surface area contributed by atoms with E-state index in [1.807, 2.05) is 0 Å². The molecular formula is C14H19Cl2NO2S. The minimum absolute atomic E-state index is 0.0314. The highest BCUT2D eigenvalue weighted by atomic mass is 35.5. The number of hydrogen-bond donors (Lipinski definition) is 1. The van der Waals surface area contributed by atoms with E-state index in [2.05, 4.69) is 38.4 Å². The van der Waals surface area contributed by atoms with E-state index in [0.717, 1.165) is 5.00 Å². The van der Waals surface area contributed by atoms with Gasteiger partial charge in [-0.2, -0.15) is 0 Å². The van der Waals surface area contributed by atoms with E-state index in [1.165, 1.54) is 28.0 Å². The molecule has 1 heterocycles. The molecule has 0 aliphatic rings. The van der Waals surface area contributed by atoms with Crippen LogP contribution >= 0.6 is 34.5 Å². The highest BCUT2D eigenvalue weighted by molar-refractivity contribution is 7.14. The summed E-state index contributed by atoms with van der Waals surface area (Å²) in [5.74, 6) is 0.754. The highest BCUT2D eigenvalue weighted by Gasteiger charge is 2.19. The average Bonchev–Trinajstić information content (AvgIpc) is 2.79. The summed E-state index contributed by atoms with van der Waals surface area (Å²) in [6, 6.07) is 0. The van der Waals surface area contributed by atoms with Crippen molar-refractivity contribution in [3.8, 4) is 0 Å². The molecule has 0 fully saturated rings. The number of amides is 1. The van der Waals surface area contributed by atoms with Gasteiger partial charge in [0.05, 0.1) is 5.03 Å². The predicted molar refractivity (Wildman–Crippen MR) is 87.3 cm³/mol. The number of thiophene rings is 1. The maximum atomic E-state index is 11.7. The Hall–Kier alpha value is -0.710. The maximum absolute atomic E-state index is 11.7. The zero-order valence-corrected chi connectivity index (χ0v) is 14.3. The summed E-state index contributed by atoms with van der Waals surface area (Å²) < 4.78 is 4.98. The molecule has 0 unspecified atom stereocenters. The van der Waals surface area contributed by atoms with Gasteiger partial charge in [0.15, 0.2) is 0 Å². The molecule has 6 heteroatoms. The van der Waals surface area contributed by atoms with Crippen molar-refractivity contribution in [3.63, 3.8) is 0 Å². The van der Waals surface area contributed by atoms with Crippen LogP contribution in [0.25, 0.3) is 0 Å². The third kappa shape index (κ3) is 4.69. The first-order chi connectivity index (χ1) is 9.36. The van der Waals surface area contributed by atoms with Crippen LogP contribution in [0.5, 0.6) is 0 Å². The van der Waals surface area contributed by atoms with E-state index in [-0.39, 0.29) is 11.6 Å². The number of rotatable bonds is 5. The number of ether oxygens (including phenoxy) is 1. The molecule has 1 N–H and O–H groups in total. The Morgan fingerprint density at radius 3 is 2.55 bits per heavy atom. The molecule has 0 aliphatic carbocycles. The van der Waals surface area contributed by atoms with Crippen LogP contribution in [0.1, 0.15) is 50.7 Å². The van der Waals surface area contributed by atoms with Crippen LogP contribution in [-0.4, -0.2) is 12.7 Å². The van der Waals surface area contributed by atoms with Gasteiger partial charge in [0.1, 0.15) is 11.6 Å². The molecule has 1 rings (SSSR count). The van der Waals surface area contributed by atoms with Gasteiger partial charge in [0.25, 0.3) is 0 Å². The van der Waals surface area contributed by atoms with Gasteiger partial charge < -0.3 is 4.74 Å². The number of anilines is 1. The van der Waals surface area contributed by atoms with Gasteiger partial charge in [0, 0.05) is 5.54 Å². The van der Waals surface area contributed by atoms with Gasteiger partial charge in [-0.1, -0.05) is 50.9 Å². The van der Waals surface area contributed by atoms with Crippen LogP contribution < -0.4 is 5.32 Å². The molecule has 0 saturated heterocycles. The van der Waals surface area contributed by atoms with Gasteiger partial charge in [-0.05, 0) is 28.3 Å². The number of hydrogen-bond acceptors (Lipinski definition) is 3. The Morgan fingerprint density at radius 2 is 2.05 bits per heavy atom. The van der Waals surface area contributed by atoms with Gasteiger partial charge in [-0.3, -0.25) is 5.32 Å². The summed E-state index contributed by atoms with van der Waals surface area (Å²) in [4.78, 5) is 11.7. The third-order valence-corrected chi connectivity index (χ3v) is 4.26. The van der Waals surface area contributed by atoms with Gasteiger partial charge in [-0.15, -0.1) is 11.3 Å². The van der Waals surface area contributed by atoms with Crippen LogP contribution in [0.4, 0.5) is 9.80 Å². The van der Waals surface area contributed by atoms with Crippen molar-refractivity contribution in [2.24, 2.45) is 0 Å². The first kappa shape index (κ1) is 17.3. The molecule has 0 spiro atoms. The standard InChI is InChI=1S/C14H19Cl2NO2S/c1-8(2)11-7-20-13(12(11)9(3)4)17-14(18)19-6-10(16)5-15/h5,7-9H,6H2,1-4H3,(H,17,18). The lowest BCUT2D eigenvalue weighted by molar-refractivity contribution is 0.173. The van der Waals surface area contributed by atoms with Crippen LogP contribution in [0.3, 0.4) is 0 Å². The molecule has 20 heavy (non-hydrogen) atoms. The van der Waals surface area contributed by atoms with Gasteiger partial charge in [-0.25, -0.2) is 4.79 Å². The Kier molecular flexibility index (Phi) is 6.86. The molecule has 1 aromatic rings. The fourth-order valence-electron chi connectivity index (χ4n) is 1.81. The Bertz CT molecular complexity index is 495. The second-order valence-corrected chi connectivity index (χ2v) is 6.58. The van der Waals surface area contributed by atoms with E-state index >= 15 is 0 Å². The summed E-state index contributed by atoms with van der Waals surface area (Å²) in [7, 11) is 0. The first-order valence-electron chi connectivity index (χ1n) is 6.36. The molecule has 0 aliphatic heterocycles. The van der Waals surface area contributed by atoms with Crippen LogP contribution in [0.15, 0.2) is 15.9 Å². The van der Waals surface area contributed by atoms with E-state index in [4.69, 9.17) is 27.9 Å². The molecule has 1 aromatic heterocycles. The van der Waals surface area contributed by atoms with E-state index in [0.29, 0.717) is 11.8 Å². The lowest BCUT2D eigenvalue weighted by Crippen LogP contribution is -2.15. The summed E-state index contributed by atoms with van der Waals surface area (Å²) >= 11 is 12.6. The van der Waals surface area contributed by atoms with Crippen molar-refractivity contribution in [2.75, 3.05) is 11.9 Å². The Labute approximate surface area is 133 Å². The monoisotopic (exact) mass is 335 g/mol. The molecule has 0 bridgehead atoms. The highest BCUT2D eigenvalue weighted by Crippen LogP contribution is 2.38. The maximum Gasteiger partial charge on any atom is 0.412 e. The van der Waals surface area contributed by atoms with Crippen LogP contribution in [-0.2, 0) is 4.74 Å². The Morgan fingerprint density at radius 1 is 1.40 bits per heavy atom. The fraction of sp³-hybridized carbons (Fsp3) is 0.500. The topological polar surface area (TPSA) is 38.3 Å². The van der Waals surface area contributed by atoms with Crippen molar-refractivity contribution in [3.05, 3.63) is 27.1 Å². The minimum atomic E-state index is -0.527. The van der Waals surface area contributed by atoms with Crippen LogP contribution in [0, 0.1) is 0 Å². The summed E-state index contributed by atoms with van der Waals surface area (Å²) in [6.07, 6.45) is -0.527. The zero-order chi connectivity index (χ0) is 15.3. The largest absolute Gasteiger partial charge is 0.443 e. The fourth-order valence-corrected chi connectivity index (χ4v) is 3.20. The minimum Gasteiger partial charge on any atom is -0.443 e. The summed E-state index contributed by atoms with van der Waals surface area (Å²) in [5.41, 5.74) is 3.61. The smallest absolute Gasteiger partial charge is 0.412 e. The molecule has 0 atom stereocenters. The van der Waals surface area contributed by atoms with E-state index < -0.39 is 6.09 Å². The number of halogens is 2. The predicted octanol–water partition coefficient (Wildman–Crippen LogP) is 5.86. The van der Waals surface area contributed by atoms with Crippen LogP contribution in [0.2, 0.25) is 0 Å². The number of carbonyl (C=O) groups excluding carboxylic acids is 1. The average molecular weight is 336 g/mol. The molecule has 0 saturated carbocycles. The van der Waals surface area contributed by atoms with E-state index in [1.54, 1.807) is 0 Å². The molecule has 1 amide bonds. The quantitative estimate of drug-likeness (QED) is 0.731. The van der Waals surface area contributed by atoms with E-state index in [9.17, 15) is 4.79 Å². The molecule has 0 aromatic carbocycles. The molecule has 0 radical (unpaired) electrons.